The van der Waals surface area contributed by atoms with Crippen LogP contribution in [0.15, 0.2) is 48.5 Å². The van der Waals surface area contributed by atoms with Crippen molar-refractivity contribution in [1.82, 2.24) is 0 Å². The fourth-order valence-electron chi connectivity index (χ4n) is 3.32. The number of ether oxygens (including phenoxy) is 2. The Bertz CT molecular complexity index is 968. The Hall–Kier alpha value is -3.80. The maximum atomic E-state index is 14.8. The molecule has 0 saturated heterocycles. The molecule has 2 rings (SSSR count). The molecule has 0 radical (unpaired) electrons. The molecule has 0 aliphatic heterocycles. The lowest BCUT2D eigenvalue weighted by Gasteiger charge is -2.28. The predicted octanol–water partition coefficient (Wildman–Crippen LogP) is 3.87. The van der Waals surface area contributed by atoms with Gasteiger partial charge in [-0.2, -0.15) is 5.26 Å². The molecule has 0 aromatic heterocycles. The molecule has 2 atom stereocenters. The summed E-state index contributed by atoms with van der Waals surface area (Å²) in [6.45, 7) is 3.04. The molecular formula is C22H21FN2O6. The Labute approximate surface area is 178 Å². The van der Waals surface area contributed by atoms with E-state index in [4.69, 9.17) is 9.47 Å². The molecule has 31 heavy (non-hydrogen) atoms. The zero-order valence-electron chi connectivity index (χ0n) is 17.0. The summed E-state index contributed by atoms with van der Waals surface area (Å²) in [5, 5.41) is 20.9. The van der Waals surface area contributed by atoms with Crippen LogP contribution in [-0.4, -0.2) is 30.1 Å². The molecule has 2 aromatic carbocycles. The first-order valence-corrected chi connectivity index (χ1v) is 9.57. The zero-order chi connectivity index (χ0) is 23.0. The number of halogens is 1. The molecule has 0 N–H and O–H groups in total. The maximum Gasteiger partial charge on any atom is 0.321 e. The Morgan fingerprint density at radius 1 is 1.06 bits per heavy atom. The SMILES string of the molecule is CCOC(=O)C(C(=O)OCC)[C@H](c1ccccc1F)[C@@H](C#N)c1ccc([N+](=O)[O-])cc1. The number of benzene rings is 2. The lowest BCUT2D eigenvalue weighted by atomic mass is 9.74. The van der Waals surface area contributed by atoms with E-state index >= 15 is 0 Å². The van der Waals surface area contributed by atoms with Crippen molar-refractivity contribution in [3.8, 4) is 6.07 Å². The fourth-order valence-corrected chi connectivity index (χ4v) is 3.32. The number of nitriles is 1. The largest absolute Gasteiger partial charge is 0.465 e. The van der Waals surface area contributed by atoms with Gasteiger partial charge in [0.25, 0.3) is 5.69 Å². The van der Waals surface area contributed by atoms with E-state index in [2.05, 4.69) is 0 Å². The average Bonchev–Trinajstić information content (AvgIpc) is 2.74. The first-order valence-electron chi connectivity index (χ1n) is 9.57. The average molecular weight is 428 g/mol. The van der Waals surface area contributed by atoms with Crippen molar-refractivity contribution in [1.29, 1.82) is 5.26 Å². The number of nitro groups is 1. The van der Waals surface area contributed by atoms with Crippen molar-refractivity contribution in [2.75, 3.05) is 13.2 Å². The van der Waals surface area contributed by atoms with Gasteiger partial charge in [-0.15, -0.1) is 0 Å². The summed E-state index contributed by atoms with van der Waals surface area (Å²) in [6, 6.07) is 12.6. The van der Waals surface area contributed by atoms with Gasteiger partial charge in [0.05, 0.1) is 30.1 Å². The van der Waals surface area contributed by atoms with Crippen LogP contribution in [0.25, 0.3) is 0 Å². The standard InChI is InChI=1S/C22H21FN2O6/c1-3-30-21(26)20(22(27)31-4-2)19(16-7-5-6-8-18(16)23)17(13-24)14-9-11-15(12-10-14)25(28)29/h5-12,17,19-20H,3-4H2,1-2H3/t17-,19+/m0/s1. The Balaban J connectivity index is 2.68. The molecule has 0 heterocycles. The minimum absolute atomic E-state index is 0.0342. The van der Waals surface area contributed by atoms with Crippen LogP contribution in [0.2, 0.25) is 0 Å². The zero-order valence-corrected chi connectivity index (χ0v) is 17.0. The quantitative estimate of drug-likeness (QED) is 0.257. The van der Waals surface area contributed by atoms with Gasteiger partial charge >= 0.3 is 11.9 Å². The van der Waals surface area contributed by atoms with Gasteiger partial charge in [0.15, 0.2) is 5.92 Å². The minimum Gasteiger partial charge on any atom is -0.465 e. The molecule has 0 fully saturated rings. The van der Waals surface area contributed by atoms with Gasteiger partial charge in [-0.1, -0.05) is 30.3 Å². The molecular weight excluding hydrogens is 407 g/mol. The van der Waals surface area contributed by atoms with E-state index in [0.29, 0.717) is 0 Å². The molecule has 0 unspecified atom stereocenters. The Morgan fingerprint density at radius 3 is 2.06 bits per heavy atom. The highest BCUT2D eigenvalue weighted by Gasteiger charge is 2.44. The topological polar surface area (TPSA) is 120 Å². The molecule has 162 valence electrons. The summed E-state index contributed by atoms with van der Waals surface area (Å²) >= 11 is 0. The number of carbonyl (C=O) groups is 2. The first-order chi connectivity index (χ1) is 14.8. The van der Waals surface area contributed by atoms with Gasteiger partial charge in [0.2, 0.25) is 0 Å². The third-order valence-corrected chi connectivity index (χ3v) is 4.67. The number of non-ortho nitro benzene ring substituents is 1. The second-order valence-electron chi connectivity index (χ2n) is 6.48. The summed E-state index contributed by atoms with van der Waals surface area (Å²) in [5.74, 6) is -6.71. The highest BCUT2D eigenvalue weighted by Crippen LogP contribution is 2.41. The molecule has 0 aliphatic rings. The monoisotopic (exact) mass is 428 g/mol. The summed E-state index contributed by atoms with van der Waals surface area (Å²) in [7, 11) is 0. The fraction of sp³-hybridized carbons (Fsp3) is 0.318. The maximum absolute atomic E-state index is 14.8. The van der Waals surface area contributed by atoms with Crippen LogP contribution in [-0.2, 0) is 19.1 Å². The van der Waals surface area contributed by atoms with E-state index in [1.165, 1.54) is 42.5 Å². The van der Waals surface area contributed by atoms with Crippen molar-refractivity contribution < 1.29 is 28.4 Å². The lowest BCUT2D eigenvalue weighted by molar-refractivity contribution is -0.384. The van der Waals surface area contributed by atoms with E-state index in [-0.39, 0.29) is 30.0 Å². The Morgan fingerprint density at radius 2 is 1.61 bits per heavy atom. The summed E-state index contributed by atoms with van der Waals surface area (Å²) in [6.07, 6.45) is 0. The first kappa shape index (κ1) is 23.5. The number of nitrogens with zero attached hydrogens (tertiary/aromatic N) is 2. The number of hydrogen-bond acceptors (Lipinski definition) is 7. The molecule has 0 bridgehead atoms. The minimum atomic E-state index is -1.61. The Kier molecular flexibility index (Phi) is 8.20. The highest BCUT2D eigenvalue weighted by molar-refractivity contribution is 5.96. The molecule has 8 nitrogen and oxygen atoms in total. The van der Waals surface area contributed by atoms with Crippen LogP contribution in [0.5, 0.6) is 0 Å². The predicted molar refractivity (Wildman–Crippen MR) is 107 cm³/mol. The van der Waals surface area contributed by atoms with E-state index in [1.807, 2.05) is 6.07 Å². The molecule has 9 heteroatoms. The van der Waals surface area contributed by atoms with Gasteiger partial charge in [-0.05, 0) is 31.0 Å². The normalized spacial score (nSPS) is 12.5. The third kappa shape index (κ3) is 5.42. The second kappa shape index (κ2) is 10.8. The van der Waals surface area contributed by atoms with E-state index in [0.717, 1.165) is 6.07 Å². The van der Waals surface area contributed by atoms with Crippen LogP contribution < -0.4 is 0 Å². The van der Waals surface area contributed by atoms with Crippen molar-refractivity contribution in [2.45, 2.75) is 25.7 Å². The number of carbonyl (C=O) groups excluding carboxylic acids is 2. The molecule has 0 saturated carbocycles. The van der Waals surface area contributed by atoms with Crippen molar-refractivity contribution >= 4 is 17.6 Å². The van der Waals surface area contributed by atoms with Crippen molar-refractivity contribution in [2.24, 2.45) is 5.92 Å². The van der Waals surface area contributed by atoms with Gasteiger partial charge < -0.3 is 9.47 Å². The molecule has 0 amide bonds. The van der Waals surface area contributed by atoms with Gasteiger partial charge in [0.1, 0.15) is 5.82 Å². The van der Waals surface area contributed by atoms with Gasteiger partial charge in [-0.25, -0.2) is 4.39 Å². The van der Waals surface area contributed by atoms with Gasteiger partial charge in [-0.3, -0.25) is 19.7 Å². The summed E-state index contributed by atoms with van der Waals surface area (Å²) < 4.78 is 24.8. The molecule has 0 aliphatic carbocycles. The number of esters is 2. The summed E-state index contributed by atoms with van der Waals surface area (Å²) in [4.78, 5) is 35.8. The van der Waals surface area contributed by atoms with Gasteiger partial charge in [0, 0.05) is 18.1 Å². The van der Waals surface area contributed by atoms with Crippen LogP contribution >= 0.6 is 0 Å². The van der Waals surface area contributed by atoms with Crippen molar-refractivity contribution in [3.05, 3.63) is 75.6 Å². The van der Waals surface area contributed by atoms with Crippen LogP contribution in [0.4, 0.5) is 10.1 Å². The second-order valence-corrected chi connectivity index (χ2v) is 6.48. The van der Waals surface area contributed by atoms with E-state index < -0.39 is 40.4 Å². The number of nitro benzene ring substituents is 1. The van der Waals surface area contributed by atoms with Crippen molar-refractivity contribution in [3.63, 3.8) is 0 Å². The number of rotatable bonds is 9. The highest BCUT2D eigenvalue weighted by atomic mass is 19.1. The lowest BCUT2D eigenvalue weighted by Crippen LogP contribution is -2.36. The number of hydrogen-bond donors (Lipinski definition) is 0. The van der Waals surface area contributed by atoms with Crippen LogP contribution in [0.1, 0.15) is 36.8 Å². The van der Waals surface area contributed by atoms with Crippen LogP contribution in [0.3, 0.4) is 0 Å². The van der Waals surface area contributed by atoms with E-state index in [9.17, 15) is 29.4 Å². The van der Waals surface area contributed by atoms with Crippen LogP contribution in [0, 0.1) is 33.2 Å². The summed E-state index contributed by atoms with van der Waals surface area (Å²) in [5.41, 5.74) is 0.0358. The molecule has 2 aromatic rings. The molecule has 0 spiro atoms. The van der Waals surface area contributed by atoms with E-state index in [1.54, 1.807) is 13.8 Å². The third-order valence-electron chi connectivity index (χ3n) is 4.67. The smallest absolute Gasteiger partial charge is 0.321 e.